The van der Waals surface area contributed by atoms with Gasteiger partial charge in [-0.25, -0.2) is 0 Å². The quantitative estimate of drug-likeness (QED) is 0.558. The van der Waals surface area contributed by atoms with E-state index in [1.165, 1.54) is 0 Å². The minimum atomic E-state index is -0.243. The Morgan fingerprint density at radius 1 is 1.13 bits per heavy atom. The summed E-state index contributed by atoms with van der Waals surface area (Å²) in [5.41, 5.74) is 3.79. The number of aryl methyl sites for hydroxylation is 2. The third-order valence-electron chi connectivity index (χ3n) is 4.71. The molecule has 1 fully saturated rings. The van der Waals surface area contributed by atoms with Gasteiger partial charge in [-0.15, -0.1) is 0 Å². The number of carbonyl (C=O) groups is 1. The first-order valence-corrected chi connectivity index (χ1v) is 11.4. The Morgan fingerprint density at radius 3 is 2.45 bits per heavy atom. The molecule has 0 spiro atoms. The Hall–Kier alpha value is -2.16. The van der Waals surface area contributed by atoms with E-state index in [0.29, 0.717) is 35.8 Å². The topological polar surface area (TPSA) is 60.0 Å². The smallest absolute Gasteiger partial charge is 0.262 e. The number of ether oxygens (including phenoxy) is 3. The number of halogens is 1. The van der Waals surface area contributed by atoms with Gasteiger partial charge in [0.25, 0.3) is 5.91 Å². The molecule has 1 amide bonds. The summed E-state index contributed by atoms with van der Waals surface area (Å²) >= 11 is 9.23. The van der Waals surface area contributed by atoms with E-state index in [-0.39, 0.29) is 12.5 Å². The highest BCUT2D eigenvalue weighted by Crippen LogP contribution is 2.37. The lowest BCUT2D eigenvalue weighted by atomic mass is 10.1. The van der Waals surface area contributed by atoms with Gasteiger partial charge in [-0.3, -0.25) is 4.79 Å². The van der Waals surface area contributed by atoms with Gasteiger partial charge in [0.1, 0.15) is 4.99 Å². The SMILES string of the molecule is CCOc1cc(C(=S)N2CCOCC2)cc(Br)c1OCC(=O)Nc1cc(C)cc(C)c1. The van der Waals surface area contributed by atoms with E-state index in [1.54, 1.807) is 0 Å². The summed E-state index contributed by atoms with van der Waals surface area (Å²) in [6, 6.07) is 9.67. The lowest BCUT2D eigenvalue weighted by molar-refractivity contribution is -0.118. The van der Waals surface area contributed by atoms with Gasteiger partial charge < -0.3 is 24.4 Å². The zero-order valence-corrected chi connectivity index (χ0v) is 20.4. The lowest BCUT2D eigenvalue weighted by Crippen LogP contribution is -2.40. The van der Waals surface area contributed by atoms with Crippen molar-refractivity contribution in [1.29, 1.82) is 0 Å². The van der Waals surface area contributed by atoms with Crippen LogP contribution in [0.2, 0.25) is 0 Å². The van der Waals surface area contributed by atoms with Crippen molar-refractivity contribution in [1.82, 2.24) is 4.90 Å². The van der Waals surface area contributed by atoms with Gasteiger partial charge in [0.05, 0.1) is 24.3 Å². The molecule has 0 unspecified atom stereocenters. The number of rotatable bonds is 7. The number of anilines is 1. The monoisotopic (exact) mass is 506 g/mol. The maximum Gasteiger partial charge on any atom is 0.262 e. The molecule has 1 heterocycles. The van der Waals surface area contributed by atoms with Crippen LogP contribution in [0.4, 0.5) is 5.69 Å². The number of nitrogens with zero attached hydrogens (tertiary/aromatic N) is 1. The van der Waals surface area contributed by atoms with E-state index in [1.807, 2.05) is 45.0 Å². The molecule has 0 saturated carbocycles. The van der Waals surface area contributed by atoms with Crippen molar-refractivity contribution in [3.05, 3.63) is 51.5 Å². The zero-order valence-electron chi connectivity index (χ0n) is 18.0. The van der Waals surface area contributed by atoms with Crippen molar-refractivity contribution in [2.75, 3.05) is 44.8 Å². The molecule has 0 radical (unpaired) electrons. The Bertz CT molecular complexity index is 941. The second kappa shape index (κ2) is 10.9. The number of carbonyl (C=O) groups excluding carboxylic acids is 1. The van der Waals surface area contributed by atoms with E-state index < -0.39 is 0 Å². The standard InChI is InChI=1S/C23H27BrN2O4S/c1-4-29-20-13-17(23(31)26-5-7-28-8-6-26)12-19(24)22(20)30-14-21(27)25-18-10-15(2)9-16(3)11-18/h9-13H,4-8,14H2,1-3H3,(H,25,27). The fraction of sp³-hybridized carbons (Fsp3) is 0.391. The average molecular weight is 507 g/mol. The van der Waals surface area contributed by atoms with Crippen molar-refractivity contribution >= 4 is 44.7 Å². The van der Waals surface area contributed by atoms with Crippen LogP contribution in [0.3, 0.4) is 0 Å². The summed E-state index contributed by atoms with van der Waals surface area (Å²) in [5, 5.41) is 2.88. The number of hydrogen-bond acceptors (Lipinski definition) is 5. The number of hydrogen-bond donors (Lipinski definition) is 1. The summed E-state index contributed by atoms with van der Waals surface area (Å²) in [6.07, 6.45) is 0. The molecule has 8 heteroatoms. The first kappa shape index (κ1) is 23.5. The van der Waals surface area contributed by atoms with Gasteiger partial charge in [0, 0.05) is 24.3 Å². The average Bonchev–Trinajstić information content (AvgIpc) is 2.72. The van der Waals surface area contributed by atoms with E-state index >= 15 is 0 Å². The molecule has 2 aromatic carbocycles. The van der Waals surface area contributed by atoms with Crippen LogP contribution in [0.5, 0.6) is 11.5 Å². The number of thiocarbonyl (C=S) groups is 1. The molecule has 2 aromatic rings. The van der Waals surface area contributed by atoms with Gasteiger partial charge in [0.2, 0.25) is 0 Å². The first-order valence-electron chi connectivity index (χ1n) is 10.2. The minimum Gasteiger partial charge on any atom is -0.490 e. The number of morpholine rings is 1. The molecule has 0 aliphatic carbocycles. The Labute approximate surface area is 197 Å². The van der Waals surface area contributed by atoms with Crippen LogP contribution in [-0.4, -0.2) is 55.3 Å². The summed E-state index contributed by atoms with van der Waals surface area (Å²) < 4.78 is 17.7. The van der Waals surface area contributed by atoms with Gasteiger partial charge in [0.15, 0.2) is 18.1 Å². The number of nitrogens with one attached hydrogen (secondary N) is 1. The maximum atomic E-state index is 12.4. The van der Waals surface area contributed by atoms with Crippen molar-refractivity contribution in [2.24, 2.45) is 0 Å². The lowest BCUT2D eigenvalue weighted by Gasteiger charge is -2.29. The van der Waals surface area contributed by atoms with Crippen LogP contribution in [0.1, 0.15) is 23.6 Å². The van der Waals surface area contributed by atoms with Gasteiger partial charge in [-0.2, -0.15) is 0 Å². The summed E-state index contributed by atoms with van der Waals surface area (Å²) in [7, 11) is 0. The number of amides is 1. The molecular weight excluding hydrogens is 480 g/mol. The highest BCUT2D eigenvalue weighted by Gasteiger charge is 2.20. The predicted octanol–water partition coefficient (Wildman–Crippen LogP) is 4.49. The molecule has 1 N–H and O–H groups in total. The third kappa shape index (κ3) is 6.41. The van der Waals surface area contributed by atoms with E-state index in [9.17, 15) is 4.79 Å². The first-order chi connectivity index (χ1) is 14.9. The second-order valence-corrected chi connectivity index (χ2v) is 8.58. The molecule has 3 rings (SSSR count). The van der Waals surface area contributed by atoms with E-state index in [4.69, 9.17) is 26.4 Å². The molecule has 1 aliphatic heterocycles. The summed E-state index contributed by atoms with van der Waals surface area (Å²) in [6.45, 7) is 9.06. The van der Waals surface area contributed by atoms with Crippen LogP contribution in [-0.2, 0) is 9.53 Å². The minimum absolute atomic E-state index is 0.140. The molecule has 31 heavy (non-hydrogen) atoms. The van der Waals surface area contributed by atoms with Gasteiger partial charge >= 0.3 is 0 Å². The van der Waals surface area contributed by atoms with Crippen molar-refractivity contribution < 1.29 is 19.0 Å². The fourth-order valence-corrected chi connectivity index (χ4v) is 4.28. The van der Waals surface area contributed by atoms with E-state index in [0.717, 1.165) is 40.5 Å². The highest BCUT2D eigenvalue weighted by molar-refractivity contribution is 9.10. The van der Waals surface area contributed by atoms with E-state index in [2.05, 4.69) is 32.2 Å². The Kier molecular flexibility index (Phi) is 8.28. The van der Waals surface area contributed by atoms with Crippen molar-refractivity contribution in [3.63, 3.8) is 0 Å². The Morgan fingerprint density at radius 2 is 1.81 bits per heavy atom. The van der Waals surface area contributed by atoms with Crippen molar-refractivity contribution in [2.45, 2.75) is 20.8 Å². The largest absolute Gasteiger partial charge is 0.490 e. The maximum absolute atomic E-state index is 12.4. The summed E-state index contributed by atoms with van der Waals surface area (Å²) in [5.74, 6) is 0.778. The fourth-order valence-electron chi connectivity index (χ4n) is 3.43. The third-order valence-corrected chi connectivity index (χ3v) is 5.79. The molecular formula is C23H27BrN2O4S. The zero-order chi connectivity index (χ0) is 22.4. The molecule has 0 bridgehead atoms. The second-order valence-electron chi connectivity index (χ2n) is 7.34. The van der Waals surface area contributed by atoms with Gasteiger partial charge in [-0.05, 0) is 72.1 Å². The molecule has 1 saturated heterocycles. The predicted molar refractivity (Wildman–Crippen MR) is 129 cm³/mol. The normalized spacial score (nSPS) is 13.6. The molecule has 0 aromatic heterocycles. The molecule has 0 atom stereocenters. The van der Waals surface area contributed by atoms with Crippen LogP contribution in [0.25, 0.3) is 0 Å². The molecule has 6 nitrogen and oxygen atoms in total. The van der Waals surface area contributed by atoms with Crippen LogP contribution in [0, 0.1) is 13.8 Å². The van der Waals surface area contributed by atoms with Gasteiger partial charge in [-0.1, -0.05) is 18.3 Å². The van der Waals surface area contributed by atoms with Crippen LogP contribution >= 0.6 is 28.1 Å². The Balaban J connectivity index is 1.72. The summed E-state index contributed by atoms with van der Waals surface area (Å²) in [4.78, 5) is 15.3. The van der Waals surface area contributed by atoms with Crippen LogP contribution < -0.4 is 14.8 Å². The van der Waals surface area contributed by atoms with Crippen LogP contribution in [0.15, 0.2) is 34.8 Å². The highest BCUT2D eigenvalue weighted by atomic mass is 79.9. The molecule has 1 aliphatic rings. The van der Waals surface area contributed by atoms with Crippen molar-refractivity contribution in [3.8, 4) is 11.5 Å². The molecule has 166 valence electrons. The number of benzene rings is 2.